The highest BCUT2D eigenvalue weighted by Gasteiger charge is 2.31. The first-order valence-electron chi connectivity index (χ1n) is 8.37. The van der Waals surface area contributed by atoms with Crippen molar-refractivity contribution in [3.05, 3.63) is 47.0 Å². The molecule has 5 heterocycles. The maximum absolute atomic E-state index is 13.1. The number of carbonyl (C=O) groups excluding carboxylic acids is 1. The van der Waals surface area contributed by atoms with Crippen LogP contribution in [0.3, 0.4) is 0 Å². The minimum Gasteiger partial charge on any atom is -0.338 e. The van der Waals surface area contributed by atoms with Crippen molar-refractivity contribution < 1.29 is 4.79 Å². The monoisotopic (exact) mass is 383 g/mol. The molecule has 0 saturated carbocycles. The molecular formula is C16H14ClN9O. The summed E-state index contributed by atoms with van der Waals surface area (Å²) >= 11 is 5.94. The fourth-order valence-corrected chi connectivity index (χ4v) is 3.65. The van der Waals surface area contributed by atoms with E-state index in [0.717, 1.165) is 11.4 Å². The Bertz CT molecular complexity index is 1150. The van der Waals surface area contributed by atoms with E-state index in [1.54, 1.807) is 17.2 Å². The maximum Gasteiger partial charge on any atom is 0.275 e. The number of halogens is 1. The van der Waals surface area contributed by atoms with Crippen molar-refractivity contribution >= 4 is 23.2 Å². The van der Waals surface area contributed by atoms with E-state index >= 15 is 0 Å². The standard InChI is InChI=1S/C16H14ClN9O/c1-9-12-2-3-13(15-19-22-23-20-15)25(12)5-4-24(9)16(27)11-6-14-18-7-10(17)8-26(14)21-11/h2-3,6-9H,4-5H2,1H3,(H,19,20,22,23). The quantitative estimate of drug-likeness (QED) is 0.562. The highest BCUT2D eigenvalue weighted by atomic mass is 35.5. The Balaban J connectivity index is 1.47. The van der Waals surface area contributed by atoms with Crippen LogP contribution >= 0.6 is 11.6 Å². The summed E-state index contributed by atoms with van der Waals surface area (Å²) in [7, 11) is 0. The second-order valence-electron chi connectivity index (χ2n) is 6.31. The summed E-state index contributed by atoms with van der Waals surface area (Å²) < 4.78 is 3.63. The van der Waals surface area contributed by atoms with Gasteiger partial charge in [-0.25, -0.2) is 9.50 Å². The Kier molecular flexibility index (Phi) is 3.47. The van der Waals surface area contributed by atoms with E-state index in [-0.39, 0.29) is 11.9 Å². The predicted octanol–water partition coefficient (Wildman–Crippen LogP) is 1.58. The van der Waals surface area contributed by atoms with Crippen LogP contribution < -0.4 is 0 Å². The molecule has 0 aromatic carbocycles. The summed E-state index contributed by atoms with van der Waals surface area (Å²) in [5.41, 5.74) is 2.81. The average molecular weight is 384 g/mol. The molecule has 1 atom stereocenters. The number of nitrogens with one attached hydrogen (secondary N) is 1. The Morgan fingerprint density at radius 1 is 1.33 bits per heavy atom. The average Bonchev–Trinajstić information content (AvgIpc) is 3.39. The van der Waals surface area contributed by atoms with E-state index in [0.29, 0.717) is 35.3 Å². The number of rotatable bonds is 2. The molecule has 1 N–H and O–H groups in total. The van der Waals surface area contributed by atoms with Crippen molar-refractivity contribution in [2.24, 2.45) is 0 Å². The zero-order valence-electron chi connectivity index (χ0n) is 14.2. The molecule has 136 valence electrons. The van der Waals surface area contributed by atoms with Crippen molar-refractivity contribution in [3.8, 4) is 11.5 Å². The lowest BCUT2D eigenvalue weighted by molar-refractivity contribution is 0.0638. The van der Waals surface area contributed by atoms with Gasteiger partial charge in [0.2, 0.25) is 5.82 Å². The Labute approximate surface area is 157 Å². The molecule has 27 heavy (non-hydrogen) atoms. The zero-order valence-corrected chi connectivity index (χ0v) is 15.0. The largest absolute Gasteiger partial charge is 0.338 e. The molecule has 11 heteroatoms. The maximum atomic E-state index is 13.1. The van der Waals surface area contributed by atoms with E-state index in [9.17, 15) is 4.79 Å². The number of tetrazole rings is 1. The Morgan fingerprint density at radius 2 is 2.22 bits per heavy atom. The van der Waals surface area contributed by atoms with Crippen LogP contribution in [0.5, 0.6) is 0 Å². The van der Waals surface area contributed by atoms with Gasteiger partial charge in [0.05, 0.1) is 23.0 Å². The van der Waals surface area contributed by atoms with E-state index in [2.05, 4.69) is 35.3 Å². The fourth-order valence-electron chi connectivity index (χ4n) is 3.51. The van der Waals surface area contributed by atoms with Gasteiger partial charge in [0, 0.05) is 31.0 Å². The molecule has 10 nitrogen and oxygen atoms in total. The van der Waals surface area contributed by atoms with Gasteiger partial charge in [-0.2, -0.15) is 10.3 Å². The summed E-state index contributed by atoms with van der Waals surface area (Å²) in [4.78, 5) is 19.0. The number of H-pyrrole nitrogens is 1. The molecule has 0 aliphatic carbocycles. The van der Waals surface area contributed by atoms with Crippen LogP contribution in [0.4, 0.5) is 0 Å². The highest BCUT2D eigenvalue weighted by Crippen LogP contribution is 2.31. The van der Waals surface area contributed by atoms with Gasteiger partial charge in [0.15, 0.2) is 11.3 Å². The Hall–Kier alpha value is -3.27. The van der Waals surface area contributed by atoms with Crippen molar-refractivity contribution in [1.82, 2.24) is 44.7 Å². The number of nitrogens with zero attached hydrogens (tertiary/aromatic N) is 8. The van der Waals surface area contributed by atoms with Gasteiger partial charge in [-0.15, -0.1) is 10.2 Å². The second-order valence-corrected chi connectivity index (χ2v) is 6.75. The molecule has 1 amide bonds. The molecule has 4 aromatic rings. The molecule has 0 bridgehead atoms. The van der Waals surface area contributed by atoms with Crippen molar-refractivity contribution in [2.45, 2.75) is 19.5 Å². The van der Waals surface area contributed by atoms with Crippen LogP contribution in [0.15, 0.2) is 30.6 Å². The molecule has 1 aliphatic heterocycles. The summed E-state index contributed by atoms with van der Waals surface area (Å²) in [5.74, 6) is 0.397. The topological polar surface area (TPSA) is 110 Å². The van der Waals surface area contributed by atoms with Crippen LogP contribution in [0.25, 0.3) is 17.2 Å². The molecule has 0 radical (unpaired) electrons. The minimum absolute atomic E-state index is 0.117. The third-order valence-electron chi connectivity index (χ3n) is 4.81. The van der Waals surface area contributed by atoms with Gasteiger partial charge >= 0.3 is 0 Å². The van der Waals surface area contributed by atoms with Crippen molar-refractivity contribution in [1.29, 1.82) is 0 Å². The summed E-state index contributed by atoms with van der Waals surface area (Å²) in [6.45, 7) is 3.18. The van der Waals surface area contributed by atoms with Crippen LogP contribution in [-0.2, 0) is 6.54 Å². The summed E-state index contributed by atoms with van der Waals surface area (Å²) in [6, 6.07) is 5.49. The number of amides is 1. The van der Waals surface area contributed by atoms with Crippen molar-refractivity contribution in [3.63, 3.8) is 0 Å². The van der Waals surface area contributed by atoms with Crippen LogP contribution in [0.1, 0.15) is 29.1 Å². The van der Waals surface area contributed by atoms with E-state index in [1.165, 1.54) is 10.7 Å². The van der Waals surface area contributed by atoms with Gasteiger partial charge in [0.1, 0.15) is 0 Å². The molecule has 0 spiro atoms. The van der Waals surface area contributed by atoms with Gasteiger partial charge in [-0.1, -0.05) is 11.6 Å². The molecule has 1 aliphatic rings. The zero-order chi connectivity index (χ0) is 18.5. The lowest BCUT2D eigenvalue weighted by atomic mass is 10.1. The number of fused-ring (bicyclic) bond motifs is 2. The first-order valence-corrected chi connectivity index (χ1v) is 8.75. The second kappa shape index (κ2) is 5.88. The normalized spacial score (nSPS) is 16.7. The smallest absolute Gasteiger partial charge is 0.275 e. The number of aromatic amines is 1. The van der Waals surface area contributed by atoms with Crippen LogP contribution in [0.2, 0.25) is 5.02 Å². The first kappa shape index (κ1) is 15.9. The summed E-state index contributed by atoms with van der Waals surface area (Å²) in [5, 5.41) is 19.0. The van der Waals surface area contributed by atoms with Crippen LogP contribution in [0, 0.1) is 0 Å². The van der Waals surface area contributed by atoms with Gasteiger partial charge in [0.25, 0.3) is 5.91 Å². The molecule has 0 saturated heterocycles. The number of carbonyl (C=O) groups is 1. The van der Waals surface area contributed by atoms with E-state index in [1.807, 2.05) is 19.1 Å². The van der Waals surface area contributed by atoms with Gasteiger partial charge in [-0.05, 0) is 24.3 Å². The van der Waals surface area contributed by atoms with Crippen molar-refractivity contribution in [2.75, 3.05) is 6.54 Å². The molecule has 1 unspecified atom stereocenters. The Morgan fingerprint density at radius 3 is 3.04 bits per heavy atom. The SMILES string of the molecule is CC1c2ccc(-c3nn[nH]n3)n2CCN1C(=O)c1cc2ncc(Cl)cn2n1. The number of hydrogen-bond acceptors (Lipinski definition) is 6. The fraction of sp³-hybridized carbons (Fsp3) is 0.250. The third-order valence-corrected chi connectivity index (χ3v) is 5.01. The van der Waals surface area contributed by atoms with E-state index in [4.69, 9.17) is 11.6 Å². The van der Waals surface area contributed by atoms with E-state index < -0.39 is 0 Å². The van der Waals surface area contributed by atoms with Gasteiger partial charge < -0.3 is 9.47 Å². The highest BCUT2D eigenvalue weighted by molar-refractivity contribution is 6.30. The molecule has 4 aromatic heterocycles. The molecule has 0 fully saturated rings. The minimum atomic E-state index is -0.141. The lowest BCUT2D eigenvalue weighted by Crippen LogP contribution is -2.41. The molecule has 5 rings (SSSR count). The van der Waals surface area contributed by atoms with Gasteiger partial charge in [-0.3, -0.25) is 4.79 Å². The molecular weight excluding hydrogens is 370 g/mol. The predicted molar refractivity (Wildman–Crippen MR) is 95.1 cm³/mol. The third kappa shape index (κ3) is 2.48. The first-order chi connectivity index (χ1) is 13.1. The number of hydrogen-bond donors (Lipinski definition) is 1. The summed E-state index contributed by atoms with van der Waals surface area (Å²) in [6.07, 6.45) is 3.16. The lowest BCUT2D eigenvalue weighted by Gasteiger charge is -2.35. The number of aromatic nitrogens is 8. The van der Waals surface area contributed by atoms with Crippen LogP contribution in [-0.4, -0.2) is 57.1 Å².